The van der Waals surface area contributed by atoms with Crippen LogP contribution in [0.5, 0.6) is 0 Å². The molecule has 1 aromatic rings. The highest BCUT2D eigenvalue weighted by molar-refractivity contribution is 7.89. The molecular formula is C13H22N4O2S. The van der Waals surface area contributed by atoms with E-state index in [9.17, 15) is 8.42 Å². The van der Waals surface area contributed by atoms with Gasteiger partial charge in [0.1, 0.15) is 0 Å². The van der Waals surface area contributed by atoms with Crippen LogP contribution in [0.15, 0.2) is 29.2 Å². The van der Waals surface area contributed by atoms with Gasteiger partial charge in [-0.3, -0.25) is 5.84 Å². The lowest BCUT2D eigenvalue weighted by Crippen LogP contribution is -2.31. The van der Waals surface area contributed by atoms with Gasteiger partial charge in [-0.2, -0.15) is 0 Å². The van der Waals surface area contributed by atoms with Crippen molar-refractivity contribution in [3.05, 3.63) is 24.3 Å². The molecule has 112 valence electrons. The Balaban J connectivity index is 1.93. The summed E-state index contributed by atoms with van der Waals surface area (Å²) < 4.78 is 27.0. The molecule has 1 saturated heterocycles. The van der Waals surface area contributed by atoms with Crippen molar-refractivity contribution in [2.45, 2.75) is 18.2 Å². The third kappa shape index (κ3) is 3.69. The van der Waals surface area contributed by atoms with Crippen LogP contribution in [0, 0.1) is 5.92 Å². The van der Waals surface area contributed by atoms with E-state index in [0.29, 0.717) is 18.2 Å². The van der Waals surface area contributed by atoms with Gasteiger partial charge in [0.15, 0.2) is 0 Å². The number of anilines is 1. The number of benzene rings is 1. The van der Waals surface area contributed by atoms with Crippen LogP contribution < -0.4 is 16.0 Å². The van der Waals surface area contributed by atoms with Crippen molar-refractivity contribution < 1.29 is 8.42 Å². The lowest BCUT2D eigenvalue weighted by Gasteiger charge is -2.14. The van der Waals surface area contributed by atoms with Crippen LogP contribution in [-0.4, -0.2) is 39.5 Å². The Morgan fingerprint density at radius 2 is 2.05 bits per heavy atom. The second-order valence-electron chi connectivity index (χ2n) is 5.07. The molecule has 6 nitrogen and oxygen atoms in total. The normalized spacial score (nSPS) is 20.2. The predicted octanol–water partition coefficient (Wildman–Crippen LogP) is 0.592. The first kappa shape index (κ1) is 15.2. The van der Waals surface area contributed by atoms with Gasteiger partial charge in [0.25, 0.3) is 0 Å². The number of sulfonamides is 1. The average Bonchev–Trinajstić information content (AvgIpc) is 2.93. The van der Waals surface area contributed by atoms with Crippen LogP contribution in [0.4, 0.5) is 5.69 Å². The smallest absolute Gasteiger partial charge is 0.240 e. The van der Waals surface area contributed by atoms with Crippen LogP contribution in [0.3, 0.4) is 0 Å². The van der Waals surface area contributed by atoms with Gasteiger partial charge >= 0.3 is 0 Å². The van der Waals surface area contributed by atoms with E-state index >= 15 is 0 Å². The molecule has 4 N–H and O–H groups in total. The Bertz CT molecular complexity index is 530. The van der Waals surface area contributed by atoms with E-state index in [1.54, 1.807) is 24.3 Å². The SMILES string of the molecule is CCN1CCC(CNS(=O)(=O)c2ccc(NN)cc2)C1. The summed E-state index contributed by atoms with van der Waals surface area (Å²) in [5.41, 5.74) is 3.15. The molecule has 1 atom stereocenters. The van der Waals surface area contributed by atoms with Crippen molar-refractivity contribution in [3.8, 4) is 0 Å². The molecule has 0 saturated carbocycles. The molecule has 1 aliphatic rings. The quantitative estimate of drug-likeness (QED) is 0.528. The van der Waals surface area contributed by atoms with Gasteiger partial charge in [-0.1, -0.05) is 6.92 Å². The fourth-order valence-corrected chi connectivity index (χ4v) is 3.52. The van der Waals surface area contributed by atoms with Gasteiger partial charge in [0, 0.05) is 18.8 Å². The first-order valence-electron chi connectivity index (χ1n) is 6.84. The number of nitrogens with zero attached hydrogens (tertiary/aromatic N) is 1. The molecule has 1 fully saturated rings. The lowest BCUT2D eigenvalue weighted by atomic mass is 10.1. The van der Waals surface area contributed by atoms with Gasteiger partial charge in [0.2, 0.25) is 10.0 Å². The molecule has 0 aromatic heterocycles. The minimum absolute atomic E-state index is 0.266. The summed E-state index contributed by atoms with van der Waals surface area (Å²) in [6.07, 6.45) is 1.05. The van der Waals surface area contributed by atoms with Gasteiger partial charge in [-0.15, -0.1) is 0 Å². The number of nitrogens with two attached hydrogens (primary N) is 1. The maximum Gasteiger partial charge on any atom is 0.240 e. The summed E-state index contributed by atoms with van der Waals surface area (Å²) in [7, 11) is -3.43. The number of hydrazine groups is 1. The highest BCUT2D eigenvalue weighted by Crippen LogP contribution is 2.17. The second kappa shape index (κ2) is 6.53. The van der Waals surface area contributed by atoms with Crippen molar-refractivity contribution >= 4 is 15.7 Å². The van der Waals surface area contributed by atoms with Gasteiger partial charge in [-0.05, 0) is 49.7 Å². The summed E-state index contributed by atoms with van der Waals surface area (Å²) in [6.45, 7) is 5.67. The summed E-state index contributed by atoms with van der Waals surface area (Å²) in [6, 6.07) is 6.38. The molecule has 1 aliphatic heterocycles. The van der Waals surface area contributed by atoms with E-state index in [1.807, 2.05) is 0 Å². The molecule has 20 heavy (non-hydrogen) atoms. The van der Waals surface area contributed by atoms with E-state index < -0.39 is 10.0 Å². The largest absolute Gasteiger partial charge is 0.324 e. The zero-order chi connectivity index (χ0) is 14.6. The Hall–Kier alpha value is -1.15. The van der Waals surface area contributed by atoms with Crippen LogP contribution in [0.25, 0.3) is 0 Å². The topological polar surface area (TPSA) is 87.5 Å². The first-order chi connectivity index (χ1) is 9.55. The van der Waals surface area contributed by atoms with Crippen molar-refractivity contribution in [1.82, 2.24) is 9.62 Å². The van der Waals surface area contributed by atoms with E-state index in [0.717, 1.165) is 26.1 Å². The molecule has 1 unspecified atom stereocenters. The summed E-state index contributed by atoms with van der Waals surface area (Å²) in [4.78, 5) is 2.60. The van der Waals surface area contributed by atoms with Crippen molar-refractivity contribution in [2.75, 3.05) is 31.6 Å². The number of nitrogen functional groups attached to an aromatic ring is 1. The van der Waals surface area contributed by atoms with Crippen LogP contribution in [-0.2, 0) is 10.0 Å². The Kier molecular flexibility index (Phi) is 4.98. The maximum atomic E-state index is 12.2. The van der Waals surface area contributed by atoms with Gasteiger partial charge in [0.05, 0.1) is 4.90 Å². The number of hydrogen-bond donors (Lipinski definition) is 3. The van der Waals surface area contributed by atoms with E-state index in [2.05, 4.69) is 22.0 Å². The third-order valence-electron chi connectivity index (χ3n) is 3.71. The van der Waals surface area contributed by atoms with E-state index in [1.165, 1.54) is 0 Å². The predicted molar refractivity (Wildman–Crippen MR) is 79.7 cm³/mol. The van der Waals surface area contributed by atoms with Gasteiger partial charge in [-0.25, -0.2) is 13.1 Å². The molecule has 1 heterocycles. The van der Waals surface area contributed by atoms with Crippen molar-refractivity contribution in [1.29, 1.82) is 0 Å². The molecule has 0 aliphatic carbocycles. The molecule has 0 amide bonds. The summed E-state index contributed by atoms with van der Waals surface area (Å²) in [5, 5.41) is 0. The highest BCUT2D eigenvalue weighted by atomic mass is 32.2. The number of rotatable bonds is 6. The number of nitrogens with one attached hydrogen (secondary N) is 2. The monoisotopic (exact) mass is 298 g/mol. The summed E-state index contributed by atoms with van der Waals surface area (Å²) >= 11 is 0. The molecule has 0 bridgehead atoms. The number of likely N-dealkylation sites (tertiary alicyclic amines) is 1. The molecule has 0 radical (unpaired) electrons. The second-order valence-corrected chi connectivity index (χ2v) is 6.84. The van der Waals surface area contributed by atoms with E-state index in [4.69, 9.17) is 5.84 Å². The zero-order valence-electron chi connectivity index (χ0n) is 11.7. The zero-order valence-corrected chi connectivity index (χ0v) is 12.5. The van der Waals surface area contributed by atoms with Crippen LogP contribution in [0.1, 0.15) is 13.3 Å². The van der Waals surface area contributed by atoms with Crippen LogP contribution >= 0.6 is 0 Å². The van der Waals surface area contributed by atoms with Gasteiger partial charge < -0.3 is 10.3 Å². The molecular weight excluding hydrogens is 276 g/mol. The third-order valence-corrected chi connectivity index (χ3v) is 5.15. The fourth-order valence-electron chi connectivity index (χ4n) is 2.41. The Morgan fingerprint density at radius 3 is 2.60 bits per heavy atom. The number of hydrogen-bond acceptors (Lipinski definition) is 5. The summed E-state index contributed by atoms with van der Waals surface area (Å²) in [5.74, 6) is 5.65. The maximum absolute atomic E-state index is 12.2. The Labute approximate surface area is 120 Å². The van der Waals surface area contributed by atoms with E-state index in [-0.39, 0.29) is 4.90 Å². The molecule has 1 aromatic carbocycles. The minimum atomic E-state index is -3.43. The molecule has 0 spiro atoms. The highest BCUT2D eigenvalue weighted by Gasteiger charge is 2.23. The van der Waals surface area contributed by atoms with Crippen molar-refractivity contribution in [3.63, 3.8) is 0 Å². The van der Waals surface area contributed by atoms with Crippen LogP contribution in [0.2, 0.25) is 0 Å². The Morgan fingerprint density at radius 1 is 1.35 bits per heavy atom. The minimum Gasteiger partial charge on any atom is -0.324 e. The lowest BCUT2D eigenvalue weighted by molar-refractivity contribution is 0.342. The van der Waals surface area contributed by atoms with Crippen molar-refractivity contribution in [2.24, 2.45) is 11.8 Å². The molecule has 2 rings (SSSR count). The average molecular weight is 298 g/mol. The molecule has 7 heteroatoms. The fraction of sp³-hybridized carbons (Fsp3) is 0.538. The standard InChI is InChI=1S/C13H22N4O2S/c1-2-17-8-7-11(10-17)9-15-20(18,19)13-5-3-12(16-14)4-6-13/h3-6,11,15-16H,2,7-10,14H2,1H3. The first-order valence-corrected chi connectivity index (χ1v) is 8.32.